The normalized spacial score (nSPS) is 17.2. The first-order valence-corrected chi connectivity index (χ1v) is 6.30. The van der Waals surface area contributed by atoms with E-state index in [-0.39, 0.29) is 12.5 Å². The highest BCUT2D eigenvalue weighted by atomic mass is 16.5. The Hall–Kier alpha value is -1.14. The van der Waals surface area contributed by atoms with Gasteiger partial charge in [0.25, 0.3) is 0 Å². The van der Waals surface area contributed by atoms with Crippen molar-refractivity contribution >= 4 is 11.9 Å². The van der Waals surface area contributed by atoms with Crippen LogP contribution in [0.4, 0.5) is 0 Å². The van der Waals surface area contributed by atoms with Crippen LogP contribution < -0.4 is 0 Å². The number of carboxylic acids is 1. The molecule has 0 saturated carbocycles. The maximum atomic E-state index is 12.2. The molecule has 0 aromatic heterocycles. The molecule has 0 aromatic carbocycles. The number of carboxylic acid groups (broad SMARTS) is 1. The van der Waals surface area contributed by atoms with Crippen molar-refractivity contribution in [3.05, 3.63) is 0 Å². The lowest BCUT2D eigenvalue weighted by Gasteiger charge is -2.29. The van der Waals surface area contributed by atoms with Crippen molar-refractivity contribution in [3.8, 4) is 0 Å². The molecule has 0 bridgehead atoms. The van der Waals surface area contributed by atoms with Gasteiger partial charge in [-0.3, -0.25) is 14.5 Å². The van der Waals surface area contributed by atoms with E-state index >= 15 is 0 Å². The minimum absolute atomic E-state index is 0.0184. The molecule has 1 saturated heterocycles. The van der Waals surface area contributed by atoms with Gasteiger partial charge < -0.3 is 14.7 Å². The summed E-state index contributed by atoms with van der Waals surface area (Å²) in [5.74, 6) is -0.906. The number of amides is 1. The van der Waals surface area contributed by atoms with E-state index in [2.05, 4.69) is 0 Å². The van der Waals surface area contributed by atoms with Crippen molar-refractivity contribution in [1.82, 2.24) is 9.80 Å². The summed E-state index contributed by atoms with van der Waals surface area (Å²) in [7, 11) is 1.56. The molecule has 0 spiro atoms. The van der Waals surface area contributed by atoms with Crippen molar-refractivity contribution < 1.29 is 19.4 Å². The predicted molar refractivity (Wildman–Crippen MR) is 66.4 cm³/mol. The lowest BCUT2D eigenvalue weighted by Crippen LogP contribution is -2.49. The first-order valence-electron chi connectivity index (χ1n) is 6.30. The van der Waals surface area contributed by atoms with E-state index in [1.165, 1.54) is 0 Å². The zero-order valence-electron chi connectivity index (χ0n) is 11.1. The summed E-state index contributed by atoms with van der Waals surface area (Å²) in [5, 5.41) is 8.87. The molecule has 0 aliphatic carbocycles. The van der Waals surface area contributed by atoms with E-state index in [9.17, 15) is 9.59 Å². The Morgan fingerprint density at radius 3 is 2.50 bits per heavy atom. The van der Waals surface area contributed by atoms with Gasteiger partial charge in [0.1, 0.15) is 0 Å². The molecule has 0 radical (unpaired) electrons. The third kappa shape index (κ3) is 4.27. The van der Waals surface area contributed by atoms with E-state index in [1.807, 2.05) is 4.90 Å². The Labute approximate surface area is 107 Å². The van der Waals surface area contributed by atoms with Crippen LogP contribution >= 0.6 is 0 Å². The molecule has 6 heteroatoms. The Kier molecular flexibility index (Phi) is 6.07. The average molecular weight is 258 g/mol. The van der Waals surface area contributed by atoms with Gasteiger partial charge in [0.15, 0.2) is 0 Å². The van der Waals surface area contributed by atoms with Gasteiger partial charge in [-0.05, 0) is 19.8 Å². The Balaban J connectivity index is 2.57. The average Bonchev–Trinajstić information content (AvgIpc) is 2.85. The number of rotatable bonds is 7. The van der Waals surface area contributed by atoms with Gasteiger partial charge in [-0.15, -0.1) is 0 Å². The molecule has 1 amide bonds. The number of likely N-dealkylation sites (tertiary alicyclic amines) is 1. The molecule has 1 atom stereocenters. The highest BCUT2D eigenvalue weighted by Crippen LogP contribution is 2.12. The molecular formula is C12H22N2O4. The summed E-state index contributed by atoms with van der Waals surface area (Å²) in [6, 6.07) is -0.408. The largest absolute Gasteiger partial charge is 0.480 e. The lowest BCUT2D eigenvalue weighted by atomic mass is 10.2. The first-order chi connectivity index (χ1) is 8.56. The molecule has 1 aliphatic heterocycles. The zero-order valence-corrected chi connectivity index (χ0v) is 11.1. The Bertz CT molecular complexity index is 290. The van der Waals surface area contributed by atoms with Crippen molar-refractivity contribution in [2.75, 3.05) is 39.9 Å². The third-order valence-electron chi connectivity index (χ3n) is 3.24. The van der Waals surface area contributed by atoms with E-state index in [0.717, 1.165) is 25.9 Å². The number of aliphatic carboxylic acids is 1. The predicted octanol–water partition coefficient (Wildman–Crippen LogP) is 0.0303. The lowest BCUT2D eigenvalue weighted by molar-refractivity contribution is -0.142. The SMILES string of the molecule is COCCN(CC(=O)O)C(C)C(=O)N1CCCC1. The van der Waals surface area contributed by atoms with Crippen molar-refractivity contribution in [1.29, 1.82) is 0 Å². The second kappa shape index (κ2) is 7.33. The van der Waals surface area contributed by atoms with E-state index < -0.39 is 12.0 Å². The molecule has 1 unspecified atom stereocenters. The number of carbonyl (C=O) groups is 2. The molecule has 1 fully saturated rings. The molecule has 18 heavy (non-hydrogen) atoms. The number of hydrogen-bond acceptors (Lipinski definition) is 4. The van der Waals surface area contributed by atoms with Crippen LogP contribution in [0.3, 0.4) is 0 Å². The molecule has 104 valence electrons. The fraction of sp³-hybridized carbons (Fsp3) is 0.833. The fourth-order valence-electron chi connectivity index (χ4n) is 2.15. The summed E-state index contributed by atoms with van der Waals surface area (Å²) < 4.78 is 4.95. The smallest absolute Gasteiger partial charge is 0.317 e. The standard InChI is InChI=1S/C12H22N2O4/c1-10(12(17)13-5-3-4-6-13)14(7-8-18-2)9-11(15)16/h10H,3-9H2,1-2H3,(H,15,16). The molecule has 1 rings (SSSR count). The summed E-state index contributed by atoms with van der Waals surface area (Å²) >= 11 is 0. The summed E-state index contributed by atoms with van der Waals surface area (Å²) in [6.07, 6.45) is 2.07. The Morgan fingerprint density at radius 1 is 1.39 bits per heavy atom. The van der Waals surface area contributed by atoms with E-state index in [1.54, 1.807) is 18.9 Å². The molecule has 1 aliphatic rings. The van der Waals surface area contributed by atoms with Gasteiger partial charge in [0.2, 0.25) is 5.91 Å². The number of hydrogen-bond donors (Lipinski definition) is 1. The van der Waals surface area contributed by atoms with Gasteiger partial charge in [0, 0.05) is 26.7 Å². The maximum Gasteiger partial charge on any atom is 0.317 e. The number of ether oxygens (including phenoxy) is 1. The molecule has 0 aromatic rings. The number of methoxy groups -OCH3 is 1. The van der Waals surface area contributed by atoms with Crippen LogP contribution in [0.1, 0.15) is 19.8 Å². The monoisotopic (exact) mass is 258 g/mol. The molecule has 6 nitrogen and oxygen atoms in total. The quantitative estimate of drug-likeness (QED) is 0.697. The number of carbonyl (C=O) groups excluding carboxylic acids is 1. The molecule has 1 heterocycles. The van der Waals surface area contributed by atoms with Gasteiger partial charge in [0.05, 0.1) is 19.2 Å². The van der Waals surface area contributed by atoms with Crippen LogP contribution in [-0.4, -0.2) is 72.7 Å². The van der Waals surface area contributed by atoms with Crippen LogP contribution in [0.5, 0.6) is 0 Å². The third-order valence-corrected chi connectivity index (χ3v) is 3.24. The van der Waals surface area contributed by atoms with Crippen LogP contribution in [0.15, 0.2) is 0 Å². The molecule has 1 N–H and O–H groups in total. The first kappa shape index (κ1) is 14.9. The Morgan fingerprint density at radius 2 is 2.00 bits per heavy atom. The van der Waals surface area contributed by atoms with Crippen molar-refractivity contribution in [3.63, 3.8) is 0 Å². The molecular weight excluding hydrogens is 236 g/mol. The zero-order chi connectivity index (χ0) is 13.5. The number of nitrogens with zero attached hydrogens (tertiary/aromatic N) is 2. The summed E-state index contributed by atoms with van der Waals surface area (Å²) in [5.41, 5.74) is 0. The summed E-state index contributed by atoms with van der Waals surface area (Å²) in [6.45, 7) is 4.07. The van der Waals surface area contributed by atoms with Crippen molar-refractivity contribution in [2.24, 2.45) is 0 Å². The highest BCUT2D eigenvalue weighted by Gasteiger charge is 2.28. The van der Waals surface area contributed by atoms with Crippen molar-refractivity contribution in [2.45, 2.75) is 25.8 Å². The van der Waals surface area contributed by atoms with Crippen LogP contribution in [0.25, 0.3) is 0 Å². The van der Waals surface area contributed by atoms with Gasteiger partial charge in [-0.1, -0.05) is 0 Å². The van der Waals surface area contributed by atoms with Gasteiger partial charge in [-0.25, -0.2) is 0 Å². The van der Waals surface area contributed by atoms with Crippen LogP contribution in [0.2, 0.25) is 0 Å². The fourth-order valence-corrected chi connectivity index (χ4v) is 2.15. The minimum atomic E-state index is -0.924. The minimum Gasteiger partial charge on any atom is -0.480 e. The second-order valence-corrected chi connectivity index (χ2v) is 4.57. The van der Waals surface area contributed by atoms with Gasteiger partial charge >= 0.3 is 5.97 Å². The summed E-state index contributed by atoms with van der Waals surface area (Å²) in [4.78, 5) is 26.5. The second-order valence-electron chi connectivity index (χ2n) is 4.57. The van der Waals surface area contributed by atoms with Gasteiger partial charge in [-0.2, -0.15) is 0 Å². The van der Waals surface area contributed by atoms with Crippen LogP contribution in [-0.2, 0) is 14.3 Å². The topological polar surface area (TPSA) is 70.1 Å². The van der Waals surface area contributed by atoms with E-state index in [4.69, 9.17) is 9.84 Å². The maximum absolute atomic E-state index is 12.2. The highest BCUT2D eigenvalue weighted by molar-refractivity contribution is 5.82. The van der Waals surface area contributed by atoms with Crippen LogP contribution in [0, 0.1) is 0 Å². The van der Waals surface area contributed by atoms with E-state index in [0.29, 0.717) is 13.2 Å².